The second kappa shape index (κ2) is 5.62. The molecule has 1 rings (SSSR count). The predicted octanol–water partition coefficient (Wildman–Crippen LogP) is 2.41. The van der Waals surface area contributed by atoms with Crippen LogP contribution in [0.2, 0.25) is 0 Å². The van der Waals surface area contributed by atoms with Crippen LogP contribution < -0.4 is 5.32 Å². The fourth-order valence-corrected chi connectivity index (χ4v) is 1.29. The summed E-state index contributed by atoms with van der Waals surface area (Å²) in [5.74, 6) is -0.582. The van der Waals surface area contributed by atoms with E-state index in [1.54, 1.807) is 0 Å². The van der Waals surface area contributed by atoms with Crippen molar-refractivity contribution in [1.82, 2.24) is 0 Å². The first-order valence-corrected chi connectivity index (χ1v) is 5.79. The van der Waals surface area contributed by atoms with Crippen LogP contribution in [-0.2, 0) is 4.79 Å². The zero-order valence-corrected chi connectivity index (χ0v) is 10.6. The van der Waals surface area contributed by atoms with Crippen LogP contribution in [0.15, 0.2) is 18.2 Å². The Balaban J connectivity index is 2.98. The summed E-state index contributed by atoms with van der Waals surface area (Å²) in [5, 5.41) is 22.3. The molecule has 0 aromatic heterocycles. The lowest BCUT2D eigenvalue weighted by atomic mass is 10.2. The minimum absolute atomic E-state index is 0.0655. The Hall–Kier alpha value is -1.63. The maximum absolute atomic E-state index is 11.6. The lowest BCUT2D eigenvalue weighted by molar-refractivity contribution is -0.384. The van der Waals surface area contributed by atoms with Crippen LogP contribution in [0, 0.1) is 10.1 Å². The van der Waals surface area contributed by atoms with E-state index in [4.69, 9.17) is 5.11 Å². The van der Waals surface area contributed by atoms with Crippen molar-refractivity contribution in [3.05, 3.63) is 28.3 Å². The fraction of sp³-hybridized carbons (Fsp3) is 0.300. The van der Waals surface area contributed by atoms with Gasteiger partial charge in [-0.05, 0) is 18.6 Å². The number of halogens is 1. The van der Waals surface area contributed by atoms with Gasteiger partial charge in [0.25, 0.3) is 5.69 Å². The van der Waals surface area contributed by atoms with Gasteiger partial charge >= 0.3 is 0 Å². The van der Waals surface area contributed by atoms with Gasteiger partial charge in [0.1, 0.15) is 11.4 Å². The number of phenolic OH excluding ortho intramolecular Hbond substituents is 1. The maximum Gasteiger partial charge on any atom is 0.296 e. The van der Waals surface area contributed by atoms with Gasteiger partial charge in [0.2, 0.25) is 5.91 Å². The van der Waals surface area contributed by atoms with E-state index in [9.17, 15) is 14.9 Å². The Morgan fingerprint density at radius 3 is 2.82 bits per heavy atom. The van der Waals surface area contributed by atoms with E-state index in [0.717, 1.165) is 6.07 Å². The normalized spacial score (nSPS) is 11.9. The minimum atomic E-state index is -0.662. The number of nitro benzene ring substituents is 1. The maximum atomic E-state index is 11.6. The van der Waals surface area contributed by atoms with Crippen molar-refractivity contribution in [2.75, 3.05) is 5.32 Å². The standard InChI is InChI=1S/C10H11BrN2O4/c1-2-7(11)10(15)12-8-4-3-6(14)5-9(8)13(16)17/h3-5,7,14H,2H2,1H3,(H,12,15). The first-order valence-electron chi connectivity index (χ1n) is 4.88. The Labute approximate surface area is 106 Å². The molecule has 2 N–H and O–H groups in total. The molecule has 0 saturated heterocycles. The molecule has 1 unspecified atom stereocenters. The zero-order valence-electron chi connectivity index (χ0n) is 9.01. The highest BCUT2D eigenvalue weighted by atomic mass is 79.9. The first kappa shape index (κ1) is 13.4. The van der Waals surface area contributed by atoms with Crippen molar-refractivity contribution in [3.63, 3.8) is 0 Å². The van der Waals surface area contributed by atoms with Crippen LogP contribution in [0.5, 0.6) is 5.75 Å². The van der Waals surface area contributed by atoms with Crippen LogP contribution in [0.25, 0.3) is 0 Å². The predicted molar refractivity (Wildman–Crippen MR) is 66.4 cm³/mol. The molecule has 6 nitrogen and oxygen atoms in total. The Bertz CT molecular complexity index is 450. The summed E-state index contributed by atoms with van der Waals surface area (Å²) in [6.45, 7) is 1.81. The Morgan fingerprint density at radius 2 is 2.29 bits per heavy atom. The Kier molecular flexibility index (Phi) is 4.45. The molecular weight excluding hydrogens is 292 g/mol. The van der Waals surface area contributed by atoms with Crippen molar-refractivity contribution in [1.29, 1.82) is 0 Å². The number of nitrogens with zero attached hydrogens (tertiary/aromatic N) is 1. The highest BCUT2D eigenvalue weighted by molar-refractivity contribution is 9.10. The van der Waals surface area contributed by atoms with Gasteiger partial charge in [0.05, 0.1) is 15.8 Å². The lowest BCUT2D eigenvalue weighted by Crippen LogP contribution is -2.22. The molecular formula is C10H11BrN2O4. The third kappa shape index (κ3) is 3.42. The molecule has 0 aliphatic carbocycles. The monoisotopic (exact) mass is 302 g/mol. The molecule has 0 heterocycles. The van der Waals surface area contributed by atoms with E-state index in [1.165, 1.54) is 12.1 Å². The highest BCUT2D eigenvalue weighted by Gasteiger charge is 2.19. The number of anilines is 1. The molecule has 0 radical (unpaired) electrons. The average Bonchev–Trinajstić information content (AvgIpc) is 2.29. The number of carbonyl (C=O) groups excluding carboxylic acids is 1. The molecule has 1 aromatic rings. The summed E-state index contributed by atoms with van der Waals surface area (Å²) in [5.41, 5.74) is -0.273. The van der Waals surface area contributed by atoms with Gasteiger partial charge in [-0.2, -0.15) is 0 Å². The third-order valence-electron chi connectivity index (χ3n) is 2.08. The molecule has 1 amide bonds. The smallest absolute Gasteiger partial charge is 0.296 e. The first-order chi connectivity index (χ1) is 7.95. The number of aromatic hydroxyl groups is 1. The number of nitrogens with one attached hydrogen (secondary N) is 1. The summed E-state index contributed by atoms with van der Waals surface area (Å²) in [6, 6.07) is 3.56. The highest BCUT2D eigenvalue weighted by Crippen LogP contribution is 2.28. The minimum Gasteiger partial charge on any atom is -0.508 e. The van der Waals surface area contributed by atoms with Crippen LogP contribution >= 0.6 is 15.9 Å². The van der Waals surface area contributed by atoms with Crippen molar-refractivity contribution in [3.8, 4) is 5.75 Å². The lowest BCUT2D eigenvalue weighted by Gasteiger charge is -2.09. The van der Waals surface area contributed by atoms with Crippen LogP contribution in [0.3, 0.4) is 0 Å². The molecule has 1 atom stereocenters. The van der Waals surface area contributed by atoms with E-state index in [-0.39, 0.29) is 23.0 Å². The van der Waals surface area contributed by atoms with Gasteiger partial charge in [-0.1, -0.05) is 22.9 Å². The van der Waals surface area contributed by atoms with Gasteiger partial charge in [0, 0.05) is 0 Å². The molecule has 17 heavy (non-hydrogen) atoms. The molecule has 0 aliphatic rings. The number of rotatable bonds is 4. The van der Waals surface area contributed by atoms with E-state index in [1.807, 2.05) is 6.92 Å². The van der Waals surface area contributed by atoms with Crippen molar-refractivity contribution >= 4 is 33.2 Å². The molecule has 0 fully saturated rings. The summed E-state index contributed by atoms with van der Waals surface area (Å²) in [4.78, 5) is 21.2. The van der Waals surface area contributed by atoms with Gasteiger partial charge < -0.3 is 10.4 Å². The zero-order chi connectivity index (χ0) is 13.0. The van der Waals surface area contributed by atoms with E-state index in [2.05, 4.69) is 21.2 Å². The van der Waals surface area contributed by atoms with Crippen LogP contribution in [0.4, 0.5) is 11.4 Å². The molecule has 0 saturated carbocycles. The van der Waals surface area contributed by atoms with E-state index < -0.39 is 9.75 Å². The molecule has 92 valence electrons. The Morgan fingerprint density at radius 1 is 1.65 bits per heavy atom. The second-order valence-electron chi connectivity index (χ2n) is 3.32. The number of nitro groups is 1. The van der Waals surface area contributed by atoms with Gasteiger partial charge in [-0.15, -0.1) is 0 Å². The van der Waals surface area contributed by atoms with Crippen molar-refractivity contribution < 1.29 is 14.8 Å². The van der Waals surface area contributed by atoms with E-state index in [0.29, 0.717) is 6.42 Å². The number of carbonyl (C=O) groups is 1. The van der Waals surface area contributed by atoms with Gasteiger partial charge in [0.15, 0.2) is 0 Å². The third-order valence-corrected chi connectivity index (χ3v) is 3.14. The van der Waals surface area contributed by atoms with Crippen molar-refractivity contribution in [2.24, 2.45) is 0 Å². The van der Waals surface area contributed by atoms with E-state index >= 15 is 0 Å². The topological polar surface area (TPSA) is 92.5 Å². The summed E-state index contributed by atoms with van der Waals surface area (Å²) in [6.07, 6.45) is 0.567. The van der Waals surface area contributed by atoms with Crippen LogP contribution in [0.1, 0.15) is 13.3 Å². The molecule has 0 spiro atoms. The van der Waals surface area contributed by atoms with Crippen LogP contribution in [-0.4, -0.2) is 20.8 Å². The summed E-state index contributed by atoms with van der Waals surface area (Å²) >= 11 is 3.14. The molecule has 0 bridgehead atoms. The quantitative estimate of drug-likeness (QED) is 0.386. The SMILES string of the molecule is CCC(Br)C(=O)Nc1ccc(O)cc1[N+](=O)[O-]. The number of phenols is 1. The number of hydrogen-bond donors (Lipinski definition) is 2. The van der Waals surface area contributed by atoms with Gasteiger partial charge in [-0.3, -0.25) is 14.9 Å². The number of hydrogen-bond acceptors (Lipinski definition) is 4. The molecule has 1 aromatic carbocycles. The number of amides is 1. The second-order valence-corrected chi connectivity index (χ2v) is 4.43. The van der Waals surface area contributed by atoms with Crippen molar-refractivity contribution in [2.45, 2.75) is 18.2 Å². The number of alkyl halides is 1. The molecule has 7 heteroatoms. The molecule has 0 aliphatic heterocycles. The largest absolute Gasteiger partial charge is 0.508 e. The van der Waals surface area contributed by atoms with Gasteiger partial charge in [-0.25, -0.2) is 0 Å². The summed E-state index contributed by atoms with van der Waals surface area (Å²) in [7, 11) is 0. The number of benzene rings is 1. The summed E-state index contributed by atoms with van der Waals surface area (Å²) < 4.78 is 0. The average molecular weight is 303 g/mol. The fourth-order valence-electron chi connectivity index (χ4n) is 1.17.